The first-order valence-corrected chi connectivity index (χ1v) is 6.44. The van der Waals surface area contributed by atoms with E-state index in [2.05, 4.69) is 11.9 Å². The van der Waals surface area contributed by atoms with E-state index in [1.165, 1.54) is 0 Å². The minimum atomic E-state index is 0.00653. The number of allylic oxidation sites excluding steroid dienone is 1. The van der Waals surface area contributed by atoms with Crippen molar-refractivity contribution in [3.63, 3.8) is 0 Å². The van der Waals surface area contributed by atoms with Gasteiger partial charge in [0.1, 0.15) is 0 Å². The van der Waals surface area contributed by atoms with Crippen molar-refractivity contribution in [1.82, 2.24) is 10.2 Å². The van der Waals surface area contributed by atoms with Gasteiger partial charge in [-0.1, -0.05) is 6.08 Å². The lowest BCUT2D eigenvalue weighted by molar-refractivity contribution is 0.195. The van der Waals surface area contributed by atoms with Crippen molar-refractivity contribution in [2.75, 3.05) is 19.7 Å². The Morgan fingerprint density at radius 3 is 3.06 bits per heavy atom. The van der Waals surface area contributed by atoms with Gasteiger partial charge in [-0.3, -0.25) is 0 Å². The first-order chi connectivity index (χ1) is 8.17. The minimum Gasteiger partial charge on any atom is -0.396 e. The fourth-order valence-electron chi connectivity index (χ4n) is 2.11. The summed E-state index contributed by atoms with van der Waals surface area (Å²) in [6, 6.07) is 0.211. The largest absolute Gasteiger partial charge is 0.396 e. The Kier molecular flexibility index (Phi) is 6.05. The van der Waals surface area contributed by atoms with Crippen molar-refractivity contribution in [2.45, 2.75) is 38.6 Å². The third kappa shape index (κ3) is 4.77. The Balaban J connectivity index is 2.22. The molecule has 4 nitrogen and oxygen atoms in total. The second-order valence-electron chi connectivity index (χ2n) is 4.85. The molecular weight excluding hydrogens is 216 g/mol. The lowest BCUT2D eigenvalue weighted by atomic mass is 10.1. The number of hydrogen-bond donors (Lipinski definition) is 2. The van der Waals surface area contributed by atoms with Crippen molar-refractivity contribution in [2.24, 2.45) is 5.92 Å². The summed E-state index contributed by atoms with van der Waals surface area (Å²) in [4.78, 5) is 13.7. The van der Waals surface area contributed by atoms with Crippen LogP contribution in [0.1, 0.15) is 32.6 Å². The van der Waals surface area contributed by atoms with E-state index in [0.29, 0.717) is 6.54 Å². The van der Waals surface area contributed by atoms with Crippen LogP contribution >= 0.6 is 0 Å². The maximum atomic E-state index is 11.9. The molecule has 0 aliphatic carbocycles. The molecule has 2 amide bonds. The second kappa shape index (κ2) is 7.33. The highest BCUT2D eigenvalue weighted by atomic mass is 16.3. The SMILES string of the molecule is C=CCCC[C@H](C)NC(=O)N1CC[C@@H](CO)C1. The van der Waals surface area contributed by atoms with Crippen molar-refractivity contribution in [3.05, 3.63) is 12.7 Å². The number of aliphatic hydroxyl groups is 1. The van der Waals surface area contributed by atoms with Gasteiger partial charge in [0.2, 0.25) is 0 Å². The predicted octanol–water partition coefficient (Wildman–Crippen LogP) is 1.76. The molecule has 1 fully saturated rings. The molecule has 1 heterocycles. The monoisotopic (exact) mass is 240 g/mol. The highest BCUT2D eigenvalue weighted by Crippen LogP contribution is 2.15. The van der Waals surface area contributed by atoms with Gasteiger partial charge in [-0.25, -0.2) is 4.79 Å². The molecule has 1 aliphatic heterocycles. The van der Waals surface area contributed by atoms with E-state index in [1.807, 2.05) is 13.0 Å². The van der Waals surface area contributed by atoms with Gasteiger partial charge >= 0.3 is 6.03 Å². The van der Waals surface area contributed by atoms with E-state index in [9.17, 15) is 4.79 Å². The van der Waals surface area contributed by atoms with Crippen LogP contribution in [0, 0.1) is 5.92 Å². The molecule has 0 aromatic heterocycles. The van der Waals surface area contributed by atoms with Crippen molar-refractivity contribution in [1.29, 1.82) is 0 Å². The van der Waals surface area contributed by atoms with E-state index in [0.717, 1.165) is 32.2 Å². The Morgan fingerprint density at radius 2 is 2.47 bits per heavy atom. The van der Waals surface area contributed by atoms with Crippen LogP contribution in [0.2, 0.25) is 0 Å². The average Bonchev–Trinajstić information content (AvgIpc) is 2.78. The number of rotatable bonds is 6. The number of aliphatic hydroxyl groups excluding tert-OH is 1. The van der Waals surface area contributed by atoms with Crippen LogP contribution in [0.25, 0.3) is 0 Å². The smallest absolute Gasteiger partial charge is 0.317 e. The van der Waals surface area contributed by atoms with Crippen LogP contribution < -0.4 is 5.32 Å². The van der Waals surface area contributed by atoms with Gasteiger partial charge in [-0.2, -0.15) is 0 Å². The van der Waals surface area contributed by atoms with Crippen LogP contribution in [0.3, 0.4) is 0 Å². The Morgan fingerprint density at radius 1 is 1.71 bits per heavy atom. The van der Waals surface area contributed by atoms with Crippen molar-refractivity contribution < 1.29 is 9.90 Å². The van der Waals surface area contributed by atoms with Gasteiger partial charge in [-0.05, 0) is 32.6 Å². The lowest BCUT2D eigenvalue weighted by Crippen LogP contribution is -2.42. The van der Waals surface area contributed by atoms with Gasteiger partial charge in [0.15, 0.2) is 0 Å². The summed E-state index contributed by atoms with van der Waals surface area (Å²) in [6.07, 6.45) is 5.85. The molecule has 1 saturated heterocycles. The second-order valence-corrected chi connectivity index (χ2v) is 4.85. The molecule has 2 N–H and O–H groups in total. The summed E-state index contributed by atoms with van der Waals surface area (Å²) < 4.78 is 0. The van der Waals surface area contributed by atoms with Crippen molar-refractivity contribution in [3.8, 4) is 0 Å². The topological polar surface area (TPSA) is 52.6 Å². The number of likely N-dealkylation sites (tertiary alicyclic amines) is 1. The predicted molar refractivity (Wildman–Crippen MR) is 68.8 cm³/mol. The number of carbonyl (C=O) groups is 1. The molecule has 1 aliphatic rings. The van der Waals surface area contributed by atoms with Gasteiger partial charge < -0.3 is 15.3 Å². The fourth-order valence-corrected chi connectivity index (χ4v) is 2.11. The number of unbranched alkanes of at least 4 members (excludes halogenated alkanes) is 1. The lowest BCUT2D eigenvalue weighted by Gasteiger charge is -2.20. The number of hydrogen-bond acceptors (Lipinski definition) is 2. The number of urea groups is 1. The van der Waals surface area contributed by atoms with Crippen LogP contribution in [0.4, 0.5) is 4.79 Å². The van der Waals surface area contributed by atoms with E-state index >= 15 is 0 Å². The van der Waals surface area contributed by atoms with E-state index in [1.54, 1.807) is 4.90 Å². The van der Waals surface area contributed by atoms with Crippen LogP contribution in [0.15, 0.2) is 12.7 Å². The summed E-state index contributed by atoms with van der Waals surface area (Å²) in [5.74, 6) is 0.261. The van der Waals surface area contributed by atoms with Gasteiger partial charge in [-0.15, -0.1) is 6.58 Å². The maximum Gasteiger partial charge on any atom is 0.317 e. The molecular formula is C13H24N2O2. The third-order valence-electron chi connectivity index (χ3n) is 3.25. The Bertz CT molecular complexity index is 256. The van der Waals surface area contributed by atoms with Crippen LogP contribution in [0.5, 0.6) is 0 Å². The molecule has 2 atom stereocenters. The van der Waals surface area contributed by atoms with E-state index < -0.39 is 0 Å². The number of carbonyl (C=O) groups excluding carboxylic acids is 1. The molecule has 17 heavy (non-hydrogen) atoms. The molecule has 0 aromatic rings. The molecule has 1 rings (SSSR count). The summed E-state index contributed by atoms with van der Waals surface area (Å²) in [5, 5.41) is 12.0. The zero-order valence-electron chi connectivity index (χ0n) is 10.7. The van der Waals surface area contributed by atoms with Gasteiger partial charge in [0.05, 0.1) is 0 Å². The standard InChI is InChI=1S/C13H24N2O2/c1-3-4-5-6-11(2)14-13(17)15-8-7-12(9-15)10-16/h3,11-12,16H,1,4-10H2,2H3,(H,14,17)/t11-,12+/m0/s1. The molecule has 98 valence electrons. The van der Waals surface area contributed by atoms with Gasteiger partial charge in [0, 0.05) is 31.7 Å². The molecule has 0 bridgehead atoms. The minimum absolute atomic E-state index is 0.00653. The number of amides is 2. The first-order valence-electron chi connectivity index (χ1n) is 6.44. The molecule has 0 aromatic carbocycles. The Hall–Kier alpha value is -1.03. The number of nitrogens with one attached hydrogen (secondary N) is 1. The molecule has 0 radical (unpaired) electrons. The van der Waals surface area contributed by atoms with Crippen LogP contribution in [-0.2, 0) is 0 Å². The maximum absolute atomic E-state index is 11.9. The zero-order chi connectivity index (χ0) is 12.7. The molecule has 0 saturated carbocycles. The average molecular weight is 240 g/mol. The molecule has 0 spiro atoms. The third-order valence-corrected chi connectivity index (χ3v) is 3.25. The van der Waals surface area contributed by atoms with Crippen molar-refractivity contribution >= 4 is 6.03 Å². The molecule has 4 heteroatoms. The zero-order valence-corrected chi connectivity index (χ0v) is 10.7. The first kappa shape index (κ1) is 14.0. The van der Waals surface area contributed by atoms with E-state index in [-0.39, 0.29) is 24.6 Å². The highest BCUT2D eigenvalue weighted by molar-refractivity contribution is 5.74. The summed E-state index contributed by atoms with van der Waals surface area (Å²) in [7, 11) is 0. The summed E-state index contributed by atoms with van der Waals surface area (Å²) >= 11 is 0. The fraction of sp³-hybridized carbons (Fsp3) is 0.769. The van der Waals surface area contributed by atoms with E-state index in [4.69, 9.17) is 5.11 Å². The summed E-state index contributed by atoms with van der Waals surface area (Å²) in [6.45, 7) is 7.33. The normalized spacial score (nSPS) is 21.3. The quantitative estimate of drug-likeness (QED) is 0.549. The highest BCUT2D eigenvalue weighted by Gasteiger charge is 2.25. The van der Waals surface area contributed by atoms with Crippen LogP contribution in [-0.4, -0.2) is 41.8 Å². The summed E-state index contributed by atoms with van der Waals surface area (Å²) in [5.41, 5.74) is 0. The van der Waals surface area contributed by atoms with Gasteiger partial charge in [0.25, 0.3) is 0 Å². The number of nitrogens with zero attached hydrogens (tertiary/aromatic N) is 1. The Labute approximate surface area is 104 Å². The molecule has 0 unspecified atom stereocenters.